The summed E-state index contributed by atoms with van der Waals surface area (Å²) >= 11 is 0. The minimum Gasteiger partial charge on any atom is -0.293 e. The molecule has 0 saturated heterocycles. The van der Waals surface area contributed by atoms with Crippen molar-refractivity contribution < 1.29 is 0 Å². The van der Waals surface area contributed by atoms with Crippen LogP contribution in [0.3, 0.4) is 0 Å². The SMILES string of the molecule is CC1(C)N=CCCN1. The summed E-state index contributed by atoms with van der Waals surface area (Å²) in [4.78, 5) is 4.23. The van der Waals surface area contributed by atoms with Crippen LogP contribution >= 0.6 is 0 Å². The van der Waals surface area contributed by atoms with Gasteiger partial charge in [-0.15, -0.1) is 0 Å². The maximum atomic E-state index is 4.23. The summed E-state index contributed by atoms with van der Waals surface area (Å²) in [6.45, 7) is 5.21. The van der Waals surface area contributed by atoms with Crippen LogP contribution in [0, 0.1) is 0 Å². The van der Waals surface area contributed by atoms with Crippen LogP contribution in [-0.4, -0.2) is 18.4 Å². The summed E-state index contributed by atoms with van der Waals surface area (Å²) in [5, 5.41) is 3.26. The monoisotopic (exact) mass is 112 g/mol. The molecule has 8 heavy (non-hydrogen) atoms. The molecule has 0 aliphatic carbocycles. The van der Waals surface area contributed by atoms with Gasteiger partial charge in [-0.2, -0.15) is 0 Å². The Morgan fingerprint density at radius 3 is 2.62 bits per heavy atom. The summed E-state index contributed by atoms with van der Waals surface area (Å²) in [5.41, 5.74) is -0.00174. The maximum Gasteiger partial charge on any atom is 0.104 e. The standard InChI is InChI=1S/C6H12N2/c1-6(2)7-4-3-5-8-6/h4,8H,3,5H2,1-2H3. The lowest BCUT2D eigenvalue weighted by Crippen LogP contribution is -2.40. The third kappa shape index (κ3) is 1.30. The third-order valence-corrected chi connectivity index (χ3v) is 1.25. The van der Waals surface area contributed by atoms with Gasteiger partial charge in [-0.25, -0.2) is 0 Å². The summed E-state index contributed by atoms with van der Waals surface area (Å²) in [5.74, 6) is 0. The zero-order valence-electron chi connectivity index (χ0n) is 5.44. The highest BCUT2D eigenvalue weighted by Gasteiger charge is 2.14. The van der Waals surface area contributed by atoms with E-state index in [4.69, 9.17) is 0 Å². The van der Waals surface area contributed by atoms with Crippen LogP contribution < -0.4 is 5.32 Å². The molecule has 0 bridgehead atoms. The number of aliphatic imine (C=N–C) groups is 1. The van der Waals surface area contributed by atoms with Gasteiger partial charge in [-0.1, -0.05) is 0 Å². The number of hydrogen-bond acceptors (Lipinski definition) is 2. The van der Waals surface area contributed by atoms with Gasteiger partial charge < -0.3 is 0 Å². The van der Waals surface area contributed by atoms with Crippen LogP contribution in [0.25, 0.3) is 0 Å². The van der Waals surface area contributed by atoms with E-state index in [0.29, 0.717) is 0 Å². The Labute approximate surface area is 50.0 Å². The quantitative estimate of drug-likeness (QED) is 0.492. The molecule has 1 aliphatic heterocycles. The molecule has 0 aromatic carbocycles. The zero-order chi connectivity index (χ0) is 6.04. The topological polar surface area (TPSA) is 24.4 Å². The Kier molecular flexibility index (Phi) is 1.34. The van der Waals surface area contributed by atoms with Gasteiger partial charge in [0.2, 0.25) is 0 Å². The van der Waals surface area contributed by atoms with E-state index in [2.05, 4.69) is 24.2 Å². The van der Waals surface area contributed by atoms with Gasteiger partial charge in [-0.05, 0) is 20.3 Å². The molecule has 0 amide bonds. The normalized spacial score (nSPS) is 25.8. The first-order valence-electron chi connectivity index (χ1n) is 2.99. The molecule has 0 unspecified atom stereocenters. The highest BCUT2D eigenvalue weighted by Crippen LogP contribution is 2.05. The molecule has 0 fully saturated rings. The average molecular weight is 112 g/mol. The molecule has 0 aromatic rings. The molecule has 46 valence electrons. The summed E-state index contributed by atoms with van der Waals surface area (Å²) in [6, 6.07) is 0. The second-order valence-electron chi connectivity index (χ2n) is 2.59. The molecule has 0 saturated carbocycles. The molecular formula is C6H12N2. The van der Waals surface area contributed by atoms with Crippen molar-refractivity contribution in [3.8, 4) is 0 Å². The molecule has 1 N–H and O–H groups in total. The predicted octanol–water partition coefficient (Wildman–Crippen LogP) is 0.787. The van der Waals surface area contributed by atoms with E-state index >= 15 is 0 Å². The first kappa shape index (κ1) is 5.76. The van der Waals surface area contributed by atoms with E-state index < -0.39 is 0 Å². The Bertz CT molecular complexity index is 105. The molecule has 0 atom stereocenters. The Hall–Kier alpha value is -0.370. The van der Waals surface area contributed by atoms with Crippen LogP contribution in [0.4, 0.5) is 0 Å². The molecule has 1 heterocycles. The van der Waals surface area contributed by atoms with Gasteiger partial charge in [0, 0.05) is 12.8 Å². The van der Waals surface area contributed by atoms with Gasteiger partial charge in [0.25, 0.3) is 0 Å². The smallest absolute Gasteiger partial charge is 0.104 e. The number of rotatable bonds is 0. The van der Waals surface area contributed by atoms with E-state index in [-0.39, 0.29) is 5.66 Å². The van der Waals surface area contributed by atoms with E-state index in [0.717, 1.165) is 13.0 Å². The number of nitrogens with one attached hydrogen (secondary N) is 1. The first-order chi connectivity index (χ1) is 3.71. The minimum absolute atomic E-state index is 0.00174. The summed E-state index contributed by atoms with van der Waals surface area (Å²) in [7, 11) is 0. The molecule has 2 nitrogen and oxygen atoms in total. The molecule has 0 radical (unpaired) electrons. The zero-order valence-corrected chi connectivity index (χ0v) is 5.44. The average Bonchev–Trinajstić information content (AvgIpc) is 1.65. The van der Waals surface area contributed by atoms with Gasteiger partial charge in [-0.3, -0.25) is 10.3 Å². The van der Waals surface area contributed by atoms with Crippen LogP contribution in [0.15, 0.2) is 4.99 Å². The number of hydrogen-bond donors (Lipinski definition) is 1. The highest BCUT2D eigenvalue weighted by atomic mass is 15.1. The number of nitrogens with zero attached hydrogens (tertiary/aromatic N) is 1. The van der Waals surface area contributed by atoms with E-state index in [1.54, 1.807) is 0 Å². The predicted molar refractivity (Wildman–Crippen MR) is 35.2 cm³/mol. The van der Waals surface area contributed by atoms with Crippen molar-refractivity contribution in [1.29, 1.82) is 0 Å². The molecule has 0 spiro atoms. The lowest BCUT2D eigenvalue weighted by Gasteiger charge is -2.24. The lowest BCUT2D eigenvalue weighted by molar-refractivity contribution is 0.401. The van der Waals surface area contributed by atoms with Gasteiger partial charge in [0.15, 0.2) is 0 Å². The first-order valence-corrected chi connectivity index (χ1v) is 2.99. The van der Waals surface area contributed by atoms with E-state index in [1.165, 1.54) is 0 Å². The van der Waals surface area contributed by atoms with Crippen molar-refractivity contribution in [2.24, 2.45) is 4.99 Å². The molecular weight excluding hydrogens is 100 g/mol. The van der Waals surface area contributed by atoms with Crippen molar-refractivity contribution in [2.45, 2.75) is 25.9 Å². The third-order valence-electron chi connectivity index (χ3n) is 1.25. The molecule has 1 rings (SSSR count). The van der Waals surface area contributed by atoms with Crippen LogP contribution in [-0.2, 0) is 0 Å². The Balaban J connectivity index is 2.56. The van der Waals surface area contributed by atoms with Crippen LogP contribution in [0.5, 0.6) is 0 Å². The fourth-order valence-corrected chi connectivity index (χ4v) is 0.781. The minimum atomic E-state index is -0.00174. The summed E-state index contributed by atoms with van der Waals surface area (Å²) < 4.78 is 0. The van der Waals surface area contributed by atoms with Gasteiger partial charge >= 0.3 is 0 Å². The largest absolute Gasteiger partial charge is 0.293 e. The fourth-order valence-electron chi connectivity index (χ4n) is 0.781. The molecule has 2 heteroatoms. The van der Waals surface area contributed by atoms with E-state index in [9.17, 15) is 0 Å². The molecule has 1 aliphatic rings. The lowest BCUT2D eigenvalue weighted by atomic mass is 10.2. The van der Waals surface area contributed by atoms with Crippen LogP contribution in [0.2, 0.25) is 0 Å². The maximum absolute atomic E-state index is 4.23. The van der Waals surface area contributed by atoms with Gasteiger partial charge in [0.05, 0.1) is 0 Å². The Morgan fingerprint density at radius 2 is 2.38 bits per heavy atom. The van der Waals surface area contributed by atoms with Crippen molar-refractivity contribution in [2.75, 3.05) is 6.54 Å². The summed E-state index contributed by atoms with van der Waals surface area (Å²) in [6.07, 6.45) is 3.06. The second kappa shape index (κ2) is 1.86. The van der Waals surface area contributed by atoms with Crippen molar-refractivity contribution in [1.82, 2.24) is 5.32 Å². The molecule has 0 aromatic heterocycles. The van der Waals surface area contributed by atoms with E-state index in [1.807, 2.05) is 6.21 Å². The van der Waals surface area contributed by atoms with Gasteiger partial charge in [0.1, 0.15) is 5.66 Å². The van der Waals surface area contributed by atoms with Crippen LogP contribution in [0.1, 0.15) is 20.3 Å². The second-order valence-corrected chi connectivity index (χ2v) is 2.59. The Morgan fingerprint density at radius 1 is 1.62 bits per heavy atom. The fraction of sp³-hybridized carbons (Fsp3) is 0.833. The van der Waals surface area contributed by atoms with Crippen molar-refractivity contribution in [3.63, 3.8) is 0 Å². The highest BCUT2D eigenvalue weighted by molar-refractivity contribution is 5.59. The van der Waals surface area contributed by atoms with Crippen molar-refractivity contribution in [3.05, 3.63) is 0 Å². The van der Waals surface area contributed by atoms with Crippen molar-refractivity contribution >= 4 is 6.21 Å².